The molecule has 0 aliphatic carbocycles. The molecule has 0 bridgehead atoms. The summed E-state index contributed by atoms with van der Waals surface area (Å²) in [5.41, 5.74) is 1.63. The molecular weight excluding hydrogens is 245 g/mol. The zero-order valence-electron chi connectivity index (χ0n) is 11.4. The van der Waals surface area contributed by atoms with Crippen molar-refractivity contribution in [3.05, 3.63) is 41.6 Å². The molecule has 0 radical (unpaired) electrons. The van der Waals surface area contributed by atoms with Crippen molar-refractivity contribution in [3.8, 4) is 0 Å². The zero-order valence-corrected chi connectivity index (χ0v) is 11.4. The van der Waals surface area contributed by atoms with Gasteiger partial charge in [-0.15, -0.1) is 0 Å². The van der Waals surface area contributed by atoms with Crippen LogP contribution < -0.4 is 10.2 Å². The first-order valence-electron chi connectivity index (χ1n) is 6.08. The Hall–Kier alpha value is -1.95. The maximum Gasteiger partial charge on any atom is 0.170 e. The largest absolute Gasteiger partial charge is 0.353 e. The van der Waals surface area contributed by atoms with Crippen molar-refractivity contribution in [2.24, 2.45) is 7.05 Å². The summed E-state index contributed by atoms with van der Waals surface area (Å²) >= 11 is 0. The molecule has 6 heteroatoms. The number of nitrogens with one attached hydrogen (secondary N) is 1. The summed E-state index contributed by atoms with van der Waals surface area (Å²) in [7, 11) is 5.47. The van der Waals surface area contributed by atoms with Gasteiger partial charge in [-0.05, 0) is 13.1 Å². The van der Waals surface area contributed by atoms with E-state index >= 15 is 0 Å². The third kappa shape index (κ3) is 3.08. The van der Waals surface area contributed by atoms with Crippen molar-refractivity contribution in [1.29, 1.82) is 0 Å². The molecule has 2 aromatic rings. The van der Waals surface area contributed by atoms with Crippen molar-refractivity contribution >= 4 is 5.82 Å². The molecule has 0 aromatic carbocycles. The molecule has 5 nitrogen and oxygen atoms in total. The summed E-state index contributed by atoms with van der Waals surface area (Å²) in [6, 6.07) is 1.69. The molecule has 0 unspecified atom stereocenters. The highest BCUT2D eigenvalue weighted by atomic mass is 19.1. The molecule has 0 saturated heterocycles. The number of rotatable bonds is 5. The Balaban J connectivity index is 2.18. The smallest absolute Gasteiger partial charge is 0.170 e. The van der Waals surface area contributed by atoms with Gasteiger partial charge in [-0.1, -0.05) is 0 Å². The van der Waals surface area contributed by atoms with Crippen LogP contribution in [0.5, 0.6) is 0 Å². The van der Waals surface area contributed by atoms with E-state index < -0.39 is 0 Å². The molecule has 0 atom stereocenters. The summed E-state index contributed by atoms with van der Waals surface area (Å²) in [6.07, 6.45) is 5.31. The highest BCUT2D eigenvalue weighted by Crippen LogP contribution is 2.19. The molecule has 0 aliphatic rings. The molecule has 1 N–H and O–H groups in total. The number of pyridine rings is 1. The van der Waals surface area contributed by atoms with Crippen LogP contribution in [0.4, 0.5) is 10.2 Å². The minimum absolute atomic E-state index is 0.275. The summed E-state index contributed by atoms with van der Waals surface area (Å²) in [5, 5.41) is 7.04. The van der Waals surface area contributed by atoms with Crippen LogP contribution in [0.1, 0.15) is 11.1 Å². The van der Waals surface area contributed by atoms with Crippen molar-refractivity contribution in [2.75, 3.05) is 19.0 Å². The number of hydrogen-bond acceptors (Lipinski definition) is 4. The Morgan fingerprint density at radius 3 is 2.89 bits per heavy atom. The van der Waals surface area contributed by atoms with Gasteiger partial charge >= 0.3 is 0 Å². The minimum atomic E-state index is -0.275. The normalized spacial score (nSPS) is 10.7. The third-order valence-electron chi connectivity index (χ3n) is 2.86. The van der Waals surface area contributed by atoms with Gasteiger partial charge in [0.1, 0.15) is 0 Å². The number of anilines is 1. The Kier molecular flexibility index (Phi) is 4.11. The number of nitrogens with zero attached hydrogens (tertiary/aromatic N) is 4. The predicted molar refractivity (Wildman–Crippen MR) is 72.3 cm³/mol. The first kappa shape index (κ1) is 13.5. The van der Waals surface area contributed by atoms with Gasteiger partial charge in [-0.3, -0.25) is 4.68 Å². The van der Waals surface area contributed by atoms with Crippen LogP contribution in [0.2, 0.25) is 0 Å². The van der Waals surface area contributed by atoms with Crippen molar-refractivity contribution in [2.45, 2.75) is 13.1 Å². The lowest BCUT2D eigenvalue weighted by Crippen LogP contribution is -2.20. The first-order valence-corrected chi connectivity index (χ1v) is 6.08. The van der Waals surface area contributed by atoms with Gasteiger partial charge in [0.25, 0.3) is 0 Å². The molecule has 0 saturated carbocycles. The molecule has 0 fully saturated rings. The second-order valence-corrected chi connectivity index (χ2v) is 4.52. The average Bonchev–Trinajstić information content (AvgIpc) is 2.77. The van der Waals surface area contributed by atoms with Crippen LogP contribution in [0.3, 0.4) is 0 Å². The molecule has 0 aliphatic heterocycles. The Bertz CT molecular complexity index is 552. The lowest BCUT2D eigenvalue weighted by molar-refractivity contribution is 0.589. The minimum Gasteiger partial charge on any atom is -0.353 e. The van der Waals surface area contributed by atoms with Gasteiger partial charge < -0.3 is 10.2 Å². The van der Waals surface area contributed by atoms with Crippen molar-refractivity contribution < 1.29 is 4.39 Å². The van der Waals surface area contributed by atoms with E-state index in [0.29, 0.717) is 24.5 Å². The maximum atomic E-state index is 14.3. The van der Waals surface area contributed by atoms with Crippen LogP contribution in [0, 0.1) is 5.82 Å². The Morgan fingerprint density at radius 1 is 1.47 bits per heavy atom. The third-order valence-corrected chi connectivity index (χ3v) is 2.86. The molecule has 19 heavy (non-hydrogen) atoms. The number of aromatic nitrogens is 3. The number of hydrogen-bond donors (Lipinski definition) is 1. The lowest BCUT2D eigenvalue weighted by atomic mass is 10.2. The molecule has 0 spiro atoms. The number of halogens is 1. The van der Waals surface area contributed by atoms with Crippen LogP contribution in [-0.2, 0) is 20.1 Å². The van der Waals surface area contributed by atoms with Crippen LogP contribution >= 0.6 is 0 Å². The molecule has 0 amide bonds. The van der Waals surface area contributed by atoms with E-state index in [0.717, 1.165) is 5.56 Å². The van der Waals surface area contributed by atoms with E-state index in [4.69, 9.17) is 0 Å². The average molecular weight is 263 g/mol. The summed E-state index contributed by atoms with van der Waals surface area (Å²) in [4.78, 5) is 5.90. The van der Waals surface area contributed by atoms with E-state index in [1.165, 1.54) is 0 Å². The fourth-order valence-corrected chi connectivity index (χ4v) is 1.97. The maximum absolute atomic E-state index is 14.3. The fourth-order valence-electron chi connectivity index (χ4n) is 1.97. The van der Waals surface area contributed by atoms with E-state index in [-0.39, 0.29) is 5.82 Å². The lowest BCUT2D eigenvalue weighted by Gasteiger charge is -2.19. The van der Waals surface area contributed by atoms with Crippen molar-refractivity contribution in [1.82, 2.24) is 20.1 Å². The van der Waals surface area contributed by atoms with Gasteiger partial charge in [0, 0.05) is 50.7 Å². The van der Waals surface area contributed by atoms with Gasteiger partial charge in [0.05, 0.1) is 6.20 Å². The highest BCUT2D eigenvalue weighted by molar-refractivity contribution is 5.42. The SMILES string of the molecule is CNCc1ccnc(N(C)Cc2cnn(C)c2)c1F. The van der Waals surface area contributed by atoms with Gasteiger partial charge in [-0.2, -0.15) is 5.10 Å². The topological polar surface area (TPSA) is 46.0 Å². The van der Waals surface area contributed by atoms with Gasteiger partial charge in [0.2, 0.25) is 0 Å². The highest BCUT2D eigenvalue weighted by Gasteiger charge is 2.13. The Labute approximate surface area is 112 Å². The summed E-state index contributed by atoms with van der Waals surface area (Å²) in [6.45, 7) is 1.06. The molecule has 2 rings (SSSR count). The predicted octanol–water partition coefficient (Wildman–Crippen LogP) is 1.31. The summed E-state index contributed by atoms with van der Waals surface area (Å²) in [5.74, 6) is 0.0832. The van der Waals surface area contributed by atoms with E-state index in [9.17, 15) is 4.39 Å². The Morgan fingerprint density at radius 2 is 2.26 bits per heavy atom. The fraction of sp³-hybridized carbons (Fsp3) is 0.385. The van der Waals surface area contributed by atoms with E-state index in [1.807, 2.05) is 20.3 Å². The van der Waals surface area contributed by atoms with Gasteiger partial charge in [0.15, 0.2) is 11.6 Å². The summed E-state index contributed by atoms with van der Waals surface area (Å²) < 4.78 is 16.0. The molecule has 2 aromatic heterocycles. The zero-order chi connectivity index (χ0) is 13.8. The van der Waals surface area contributed by atoms with Crippen LogP contribution in [0.25, 0.3) is 0 Å². The number of aryl methyl sites for hydroxylation is 1. The monoisotopic (exact) mass is 263 g/mol. The second-order valence-electron chi connectivity index (χ2n) is 4.52. The van der Waals surface area contributed by atoms with E-state index in [2.05, 4.69) is 15.4 Å². The molecule has 2 heterocycles. The standard InChI is InChI=1S/C13H18FN5/c1-15-7-11-4-5-16-13(12(11)14)18(2)8-10-6-17-19(3)9-10/h4-6,9,15H,7-8H2,1-3H3. The van der Waals surface area contributed by atoms with Gasteiger partial charge in [-0.25, -0.2) is 9.37 Å². The molecular formula is C13H18FN5. The molecule has 102 valence electrons. The van der Waals surface area contributed by atoms with E-state index in [1.54, 1.807) is 35.1 Å². The van der Waals surface area contributed by atoms with Crippen molar-refractivity contribution in [3.63, 3.8) is 0 Å². The second kappa shape index (κ2) is 5.79. The van der Waals surface area contributed by atoms with Crippen LogP contribution in [-0.4, -0.2) is 28.9 Å². The quantitative estimate of drug-likeness (QED) is 0.883. The first-order chi connectivity index (χ1) is 9.11. The van der Waals surface area contributed by atoms with Crippen LogP contribution in [0.15, 0.2) is 24.7 Å².